The molecule has 1 fully saturated rings. The van der Waals surface area contributed by atoms with Crippen molar-refractivity contribution in [3.05, 3.63) is 29.3 Å². The minimum Gasteiger partial charge on any atom is -0.496 e. The van der Waals surface area contributed by atoms with Gasteiger partial charge in [-0.05, 0) is 49.1 Å². The molecule has 2 rings (SSSR count). The van der Waals surface area contributed by atoms with Gasteiger partial charge in [0.25, 0.3) is 0 Å². The molecular weight excluding hydrogens is 260 g/mol. The normalized spacial score (nSPS) is 23.2. The molecule has 1 aromatic carbocycles. The molecule has 0 radical (unpaired) electrons. The van der Waals surface area contributed by atoms with Gasteiger partial charge in [0.05, 0.1) is 7.11 Å². The molecule has 0 aliphatic heterocycles. The highest BCUT2D eigenvalue weighted by atomic mass is 16.5. The summed E-state index contributed by atoms with van der Waals surface area (Å²) in [5.74, 6) is 2.12. The first-order chi connectivity index (χ1) is 9.83. The summed E-state index contributed by atoms with van der Waals surface area (Å²) in [6, 6.07) is 6.30. The van der Waals surface area contributed by atoms with Gasteiger partial charge in [-0.25, -0.2) is 0 Å². The van der Waals surface area contributed by atoms with Crippen LogP contribution in [0.15, 0.2) is 18.2 Å². The van der Waals surface area contributed by atoms with Crippen LogP contribution in [-0.2, 0) is 11.2 Å². The summed E-state index contributed by atoms with van der Waals surface area (Å²) in [7, 11) is 1.72. The molecule has 0 N–H and O–H groups in total. The second-order valence-corrected chi connectivity index (χ2v) is 7.39. The van der Waals surface area contributed by atoms with Crippen LogP contribution in [0.2, 0.25) is 0 Å². The van der Waals surface area contributed by atoms with Crippen molar-refractivity contribution in [1.82, 2.24) is 0 Å². The molecule has 0 bridgehead atoms. The molecule has 2 unspecified atom stereocenters. The average molecular weight is 288 g/mol. The Labute approximate surface area is 128 Å². The molecule has 21 heavy (non-hydrogen) atoms. The Kier molecular flexibility index (Phi) is 4.75. The molecule has 2 atom stereocenters. The van der Waals surface area contributed by atoms with Crippen molar-refractivity contribution in [2.45, 2.75) is 53.4 Å². The van der Waals surface area contributed by atoms with E-state index in [0.717, 1.165) is 25.0 Å². The van der Waals surface area contributed by atoms with Crippen molar-refractivity contribution in [1.29, 1.82) is 0 Å². The van der Waals surface area contributed by atoms with Crippen LogP contribution < -0.4 is 4.74 Å². The maximum Gasteiger partial charge on any atom is 0.136 e. The fourth-order valence-corrected chi connectivity index (χ4v) is 3.69. The van der Waals surface area contributed by atoms with Crippen LogP contribution in [-0.4, -0.2) is 12.9 Å². The van der Waals surface area contributed by atoms with Crippen molar-refractivity contribution in [3.63, 3.8) is 0 Å². The van der Waals surface area contributed by atoms with Crippen LogP contribution in [0.4, 0.5) is 0 Å². The Morgan fingerprint density at radius 1 is 1.29 bits per heavy atom. The van der Waals surface area contributed by atoms with Gasteiger partial charge in [0, 0.05) is 12.3 Å². The second kappa shape index (κ2) is 6.21. The molecule has 116 valence electrons. The SMILES string of the molecule is COc1ccc(C)cc1CC(C)(C)C1CCC(C)CC1=O. The van der Waals surface area contributed by atoms with Gasteiger partial charge in [-0.3, -0.25) is 4.79 Å². The third-order valence-corrected chi connectivity index (χ3v) is 4.91. The highest BCUT2D eigenvalue weighted by molar-refractivity contribution is 5.82. The number of hydrogen-bond acceptors (Lipinski definition) is 2. The number of ether oxygens (including phenoxy) is 1. The van der Waals surface area contributed by atoms with Crippen molar-refractivity contribution in [2.75, 3.05) is 7.11 Å². The number of carbonyl (C=O) groups excluding carboxylic acids is 1. The predicted octanol–water partition coefficient (Wildman–Crippen LogP) is 4.58. The van der Waals surface area contributed by atoms with Crippen molar-refractivity contribution in [3.8, 4) is 5.75 Å². The van der Waals surface area contributed by atoms with Gasteiger partial charge in [-0.1, -0.05) is 38.5 Å². The van der Waals surface area contributed by atoms with Gasteiger partial charge < -0.3 is 4.74 Å². The standard InChI is InChI=1S/C19H28O2/c1-13-7-9-18(21-5)15(10-13)12-19(3,4)16-8-6-14(2)11-17(16)20/h7,9-10,14,16H,6,8,11-12H2,1-5H3. The number of benzene rings is 1. The van der Waals surface area contributed by atoms with E-state index in [1.54, 1.807) is 7.11 Å². The van der Waals surface area contributed by atoms with Gasteiger partial charge in [0.15, 0.2) is 0 Å². The molecule has 1 aromatic rings. The summed E-state index contributed by atoms with van der Waals surface area (Å²) < 4.78 is 5.49. The topological polar surface area (TPSA) is 26.3 Å². The zero-order chi connectivity index (χ0) is 15.6. The fraction of sp³-hybridized carbons (Fsp3) is 0.632. The summed E-state index contributed by atoms with van der Waals surface area (Å²) in [5, 5.41) is 0. The van der Waals surface area contributed by atoms with E-state index in [2.05, 4.69) is 39.8 Å². The molecular formula is C19H28O2. The number of carbonyl (C=O) groups is 1. The number of hydrogen-bond donors (Lipinski definition) is 0. The lowest BCUT2D eigenvalue weighted by atomic mass is 9.66. The predicted molar refractivity (Wildman–Crippen MR) is 86.7 cm³/mol. The number of methoxy groups -OCH3 is 1. The summed E-state index contributed by atoms with van der Waals surface area (Å²) in [6.45, 7) is 8.74. The van der Waals surface area contributed by atoms with Crippen LogP contribution in [0.25, 0.3) is 0 Å². The highest BCUT2D eigenvalue weighted by Crippen LogP contribution is 2.41. The molecule has 2 nitrogen and oxygen atoms in total. The van der Waals surface area contributed by atoms with Crippen molar-refractivity contribution in [2.24, 2.45) is 17.3 Å². The van der Waals surface area contributed by atoms with E-state index in [9.17, 15) is 4.79 Å². The lowest BCUT2D eigenvalue weighted by Crippen LogP contribution is -2.36. The summed E-state index contributed by atoms with van der Waals surface area (Å²) in [5.41, 5.74) is 2.44. The molecule has 0 aromatic heterocycles. The lowest BCUT2D eigenvalue weighted by molar-refractivity contribution is -0.129. The Hall–Kier alpha value is -1.31. The summed E-state index contributed by atoms with van der Waals surface area (Å²) in [6.07, 6.45) is 3.84. The van der Waals surface area contributed by atoms with Crippen LogP contribution in [0.1, 0.15) is 51.2 Å². The van der Waals surface area contributed by atoms with Crippen LogP contribution in [0.3, 0.4) is 0 Å². The van der Waals surface area contributed by atoms with Gasteiger partial charge in [0.1, 0.15) is 11.5 Å². The first-order valence-corrected chi connectivity index (χ1v) is 7.99. The Morgan fingerprint density at radius 2 is 2.00 bits per heavy atom. The van der Waals surface area contributed by atoms with Crippen LogP contribution >= 0.6 is 0 Å². The van der Waals surface area contributed by atoms with Gasteiger partial charge >= 0.3 is 0 Å². The Morgan fingerprint density at radius 3 is 2.62 bits per heavy atom. The van der Waals surface area contributed by atoms with Gasteiger partial charge in [-0.2, -0.15) is 0 Å². The van der Waals surface area contributed by atoms with E-state index in [1.807, 2.05) is 6.07 Å². The first kappa shape index (κ1) is 16.1. The Balaban J connectivity index is 2.21. The maximum absolute atomic E-state index is 12.4. The molecule has 0 heterocycles. The quantitative estimate of drug-likeness (QED) is 0.810. The van der Waals surface area contributed by atoms with Gasteiger partial charge in [0.2, 0.25) is 0 Å². The molecule has 0 amide bonds. The molecule has 1 saturated carbocycles. The minimum absolute atomic E-state index is 0.0156. The maximum atomic E-state index is 12.4. The van der Waals surface area contributed by atoms with Crippen molar-refractivity contribution < 1.29 is 9.53 Å². The number of rotatable bonds is 4. The molecule has 1 aliphatic rings. The largest absolute Gasteiger partial charge is 0.496 e. The zero-order valence-corrected chi connectivity index (χ0v) is 14.0. The van der Waals surface area contributed by atoms with E-state index in [0.29, 0.717) is 11.7 Å². The fourth-order valence-electron chi connectivity index (χ4n) is 3.69. The minimum atomic E-state index is -0.0156. The monoisotopic (exact) mass is 288 g/mol. The first-order valence-electron chi connectivity index (χ1n) is 7.99. The van der Waals surface area contributed by atoms with Crippen LogP contribution in [0, 0.1) is 24.2 Å². The highest BCUT2D eigenvalue weighted by Gasteiger charge is 2.38. The lowest BCUT2D eigenvalue weighted by Gasteiger charge is -2.38. The van der Waals surface area contributed by atoms with Crippen molar-refractivity contribution >= 4 is 5.78 Å². The smallest absolute Gasteiger partial charge is 0.136 e. The van der Waals surface area contributed by atoms with E-state index < -0.39 is 0 Å². The van der Waals surface area contributed by atoms with E-state index in [4.69, 9.17) is 4.74 Å². The second-order valence-electron chi connectivity index (χ2n) is 7.39. The summed E-state index contributed by atoms with van der Waals surface area (Å²) in [4.78, 5) is 12.4. The molecule has 0 saturated heterocycles. The molecule has 0 spiro atoms. The van der Waals surface area contributed by atoms with Crippen LogP contribution in [0.5, 0.6) is 5.75 Å². The summed E-state index contributed by atoms with van der Waals surface area (Å²) >= 11 is 0. The third-order valence-electron chi connectivity index (χ3n) is 4.91. The third kappa shape index (κ3) is 3.66. The van der Waals surface area contributed by atoms with E-state index in [-0.39, 0.29) is 11.3 Å². The van der Waals surface area contributed by atoms with Gasteiger partial charge in [-0.15, -0.1) is 0 Å². The number of Topliss-reactive ketones (excluding diaryl/α,β-unsaturated/α-hetero) is 1. The Bertz CT molecular complexity index is 516. The van der Waals surface area contributed by atoms with E-state index in [1.165, 1.54) is 17.5 Å². The number of aryl methyl sites for hydroxylation is 1. The average Bonchev–Trinajstić information content (AvgIpc) is 2.37. The van der Waals surface area contributed by atoms with E-state index >= 15 is 0 Å². The molecule has 1 aliphatic carbocycles. The number of ketones is 1. The zero-order valence-electron chi connectivity index (χ0n) is 14.0. The molecule has 2 heteroatoms.